The molecule has 1 N–H and O–H groups in total. The molecule has 1 aromatic rings. The Morgan fingerprint density at radius 3 is 2.59 bits per heavy atom. The first-order chi connectivity index (χ1) is 8.06. The molecule has 1 unspecified atom stereocenters. The molecule has 1 heterocycles. The number of likely N-dealkylation sites (N-methyl/N-ethyl adjacent to an activating group) is 2. The summed E-state index contributed by atoms with van der Waals surface area (Å²) < 4.78 is 0. The van der Waals surface area contributed by atoms with Gasteiger partial charge in [0.25, 0.3) is 0 Å². The maximum absolute atomic E-state index is 4.49. The SMILES string of the molecule is CNC(C)c1cccnc1N(C)CCN(C)C. The van der Waals surface area contributed by atoms with E-state index in [1.165, 1.54) is 5.56 Å². The van der Waals surface area contributed by atoms with E-state index in [0.717, 1.165) is 18.9 Å². The summed E-state index contributed by atoms with van der Waals surface area (Å²) in [5.41, 5.74) is 1.25. The third-order valence-corrected chi connectivity index (χ3v) is 2.96. The molecule has 0 aromatic carbocycles. The van der Waals surface area contributed by atoms with Gasteiger partial charge in [-0.1, -0.05) is 6.07 Å². The summed E-state index contributed by atoms with van der Waals surface area (Å²) in [6, 6.07) is 4.45. The molecule has 4 nitrogen and oxygen atoms in total. The lowest BCUT2D eigenvalue weighted by atomic mass is 10.1. The van der Waals surface area contributed by atoms with Crippen molar-refractivity contribution in [1.82, 2.24) is 15.2 Å². The minimum atomic E-state index is 0.320. The maximum Gasteiger partial charge on any atom is 0.133 e. The van der Waals surface area contributed by atoms with Crippen LogP contribution in [-0.4, -0.2) is 51.2 Å². The number of nitrogens with zero attached hydrogens (tertiary/aromatic N) is 3. The van der Waals surface area contributed by atoms with Gasteiger partial charge in [-0.25, -0.2) is 4.98 Å². The molecular weight excluding hydrogens is 212 g/mol. The van der Waals surface area contributed by atoms with E-state index >= 15 is 0 Å². The molecule has 4 heteroatoms. The smallest absolute Gasteiger partial charge is 0.133 e. The van der Waals surface area contributed by atoms with E-state index in [4.69, 9.17) is 0 Å². The topological polar surface area (TPSA) is 31.4 Å². The minimum Gasteiger partial charge on any atom is -0.358 e. The molecule has 0 aliphatic rings. The van der Waals surface area contributed by atoms with Crippen molar-refractivity contribution in [3.8, 4) is 0 Å². The molecule has 1 atom stereocenters. The zero-order valence-electron chi connectivity index (χ0n) is 11.6. The van der Waals surface area contributed by atoms with Gasteiger partial charge in [-0.3, -0.25) is 0 Å². The van der Waals surface area contributed by atoms with Gasteiger partial charge in [0.05, 0.1) is 0 Å². The van der Waals surface area contributed by atoms with E-state index in [1.807, 2.05) is 19.3 Å². The van der Waals surface area contributed by atoms with Crippen LogP contribution in [0, 0.1) is 0 Å². The number of rotatable bonds is 6. The molecule has 0 saturated carbocycles. The average Bonchev–Trinajstić information content (AvgIpc) is 2.34. The van der Waals surface area contributed by atoms with Crippen LogP contribution in [0.4, 0.5) is 5.82 Å². The summed E-state index contributed by atoms with van der Waals surface area (Å²) in [6.45, 7) is 4.16. The van der Waals surface area contributed by atoms with Crippen molar-refractivity contribution in [2.45, 2.75) is 13.0 Å². The Bertz CT molecular complexity index is 338. The summed E-state index contributed by atoms with van der Waals surface area (Å²) in [5, 5.41) is 3.26. The number of anilines is 1. The van der Waals surface area contributed by atoms with Gasteiger partial charge in [-0.2, -0.15) is 0 Å². The molecule has 0 fully saturated rings. The highest BCUT2D eigenvalue weighted by Gasteiger charge is 2.12. The van der Waals surface area contributed by atoms with Crippen molar-refractivity contribution >= 4 is 5.82 Å². The lowest BCUT2D eigenvalue weighted by molar-refractivity contribution is 0.416. The zero-order valence-corrected chi connectivity index (χ0v) is 11.6. The summed E-state index contributed by atoms with van der Waals surface area (Å²) in [6.07, 6.45) is 1.85. The molecule has 96 valence electrons. The summed E-state index contributed by atoms with van der Waals surface area (Å²) in [7, 11) is 8.24. The molecule has 0 amide bonds. The lowest BCUT2D eigenvalue weighted by Gasteiger charge is -2.24. The lowest BCUT2D eigenvalue weighted by Crippen LogP contribution is -2.30. The first-order valence-electron chi connectivity index (χ1n) is 6.04. The van der Waals surface area contributed by atoms with Gasteiger partial charge in [0.1, 0.15) is 5.82 Å². The van der Waals surface area contributed by atoms with E-state index in [1.54, 1.807) is 0 Å². The van der Waals surface area contributed by atoms with Crippen LogP contribution >= 0.6 is 0 Å². The van der Waals surface area contributed by atoms with Crippen LogP contribution in [0.15, 0.2) is 18.3 Å². The molecule has 1 aromatic heterocycles. The average molecular weight is 236 g/mol. The van der Waals surface area contributed by atoms with Crippen LogP contribution in [0.2, 0.25) is 0 Å². The Hall–Kier alpha value is -1.13. The van der Waals surface area contributed by atoms with Crippen LogP contribution in [0.5, 0.6) is 0 Å². The fraction of sp³-hybridized carbons (Fsp3) is 0.615. The second kappa shape index (κ2) is 6.57. The normalized spacial score (nSPS) is 12.8. The first kappa shape index (κ1) is 13.9. The third kappa shape index (κ3) is 3.98. The molecular formula is C13H24N4. The van der Waals surface area contributed by atoms with E-state index < -0.39 is 0 Å². The minimum absolute atomic E-state index is 0.320. The predicted octanol–water partition coefficient (Wildman–Crippen LogP) is 1.36. The van der Waals surface area contributed by atoms with E-state index in [0.29, 0.717) is 6.04 Å². The number of pyridine rings is 1. The number of nitrogens with one attached hydrogen (secondary N) is 1. The van der Waals surface area contributed by atoms with Gasteiger partial charge < -0.3 is 15.1 Å². The van der Waals surface area contributed by atoms with E-state index in [9.17, 15) is 0 Å². The molecule has 0 saturated heterocycles. The predicted molar refractivity (Wildman–Crippen MR) is 73.5 cm³/mol. The Balaban J connectivity index is 2.81. The summed E-state index contributed by atoms with van der Waals surface area (Å²) in [5.74, 6) is 1.07. The molecule has 0 bridgehead atoms. The van der Waals surface area contributed by atoms with Crippen LogP contribution in [0.1, 0.15) is 18.5 Å². The van der Waals surface area contributed by atoms with Crippen molar-refractivity contribution in [2.75, 3.05) is 46.2 Å². The molecule has 0 spiro atoms. The molecule has 0 aliphatic carbocycles. The Morgan fingerprint density at radius 1 is 1.29 bits per heavy atom. The van der Waals surface area contributed by atoms with Gasteiger partial charge in [0, 0.05) is 37.9 Å². The van der Waals surface area contributed by atoms with Crippen molar-refractivity contribution in [1.29, 1.82) is 0 Å². The zero-order chi connectivity index (χ0) is 12.8. The van der Waals surface area contributed by atoms with Crippen molar-refractivity contribution in [2.24, 2.45) is 0 Å². The quantitative estimate of drug-likeness (QED) is 0.808. The highest BCUT2D eigenvalue weighted by Crippen LogP contribution is 2.22. The first-order valence-corrected chi connectivity index (χ1v) is 6.04. The Morgan fingerprint density at radius 2 is 2.00 bits per heavy atom. The van der Waals surface area contributed by atoms with Crippen LogP contribution < -0.4 is 10.2 Å². The molecule has 0 aliphatic heterocycles. The second-order valence-electron chi connectivity index (χ2n) is 4.65. The molecule has 1 rings (SSSR count). The highest BCUT2D eigenvalue weighted by atomic mass is 15.2. The monoisotopic (exact) mass is 236 g/mol. The maximum atomic E-state index is 4.49. The van der Waals surface area contributed by atoms with Gasteiger partial charge in [0.2, 0.25) is 0 Å². The van der Waals surface area contributed by atoms with Gasteiger partial charge in [-0.05, 0) is 34.1 Å². The van der Waals surface area contributed by atoms with E-state index in [2.05, 4.69) is 54.2 Å². The van der Waals surface area contributed by atoms with Crippen molar-refractivity contribution in [3.05, 3.63) is 23.9 Å². The second-order valence-corrected chi connectivity index (χ2v) is 4.65. The highest BCUT2D eigenvalue weighted by molar-refractivity contribution is 5.47. The van der Waals surface area contributed by atoms with Crippen molar-refractivity contribution in [3.63, 3.8) is 0 Å². The standard InChI is InChI=1S/C13H24N4/c1-11(14-2)12-7-6-8-15-13(12)17(5)10-9-16(3)4/h6-8,11,14H,9-10H2,1-5H3. The third-order valence-electron chi connectivity index (χ3n) is 2.96. The van der Waals surface area contributed by atoms with Crippen LogP contribution in [0.25, 0.3) is 0 Å². The summed E-state index contributed by atoms with van der Waals surface area (Å²) in [4.78, 5) is 8.89. The molecule has 0 radical (unpaired) electrons. The summed E-state index contributed by atoms with van der Waals surface area (Å²) >= 11 is 0. The number of hydrogen-bond donors (Lipinski definition) is 1. The van der Waals surface area contributed by atoms with Gasteiger partial charge in [0.15, 0.2) is 0 Å². The van der Waals surface area contributed by atoms with E-state index in [-0.39, 0.29) is 0 Å². The Kier molecular flexibility index (Phi) is 5.38. The van der Waals surface area contributed by atoms with Crippen LogP contribution in [0.3, 0.4) is 0 Å². The van der Waals surface area contributed by atoms with Crippen LogP contribution in [-0.2, 0) is 0 Å². The van der Waals surface area contributed by atoms with Gasteiger partial charge in [-0.15, -0.1) is 0 Å². The number of hydrogen-bond acceptors (Lipinski definition) is 4. The van der Waals surface area contributed by atoms with Crippen molar-refractivity contribution < 1.29 is 0 Å². The fourth-order valence-corrected chi connectivity index (χ4v) is 1.68. The molecule has 17 heavy (non-hydrogen) atoms. The van der Waals surface area contributed by atoms with Gasteiger partial charge >= 0.3 is 0 Å². The Labute approximate surface area is 105 Å². The fourth-order valence-electron chi connectivity index (χ4n) is 1.68. The largest absolute Gasteiger partial charge is 0.358 e. The number of aromatic nitrogens is 1.